The fraction of sp³-hybridized carbons (Fsp3) is 0.417. The van der Waals surface area contributed by atoms with E-state index in [2.05, 4.69) is 5.10 Å². The van der Waals surface area contributed by atoms with Crippen LogP contribution < -0.4 is 0 Å². The van der Waals surface area contributed by atoms with E-state index in [9.17, 15) is 26.7 Å². The Bertz CT molecular complexity index is 683. The number of rotatable bonds is 2. The van der Waals surface area contributed by atoms with E-state index in [0.29, 0.717) is 0 Å². The second-order valence-corrected chi connectivity index (χ2v) is 6.65. The van der Waals surface area contributed by atoms with Gasteiger partial charge in [-0.25, -0.2) is 0 Å². The second-order valence-electron chi connectivity index (χ2n) is 4.89. The Kier molecular flexibility index (Phi) is 3.53. The third-order valence-electron chi connectivity index (χ3n) is 3.08. The van der Waals surface area contributed by atoms with E-state index in [1.807, 2.05) is 0 Å². The lowest BCUT2D eigenvalue weighted by molar-refractivity contribution is -0.291. The predicted molar refractivity (Wildman–Crippen MR) is 68.9 cm³/mol. The number of benzene rings is 1. The van der Waals surface area contributed by atoms with E-state index in [1.165, 1.54) is 31.2 Å². The third kappa shape index (κ3) is 2.51. The Labute approximate surface area is 119 Å². The zero-order valence-corrected chi connectivity index (χ0v) is 12.0. The molecular formula is C12H13F3N2O3S. The molecular weight excluding hydrogens is 309 g/mol. The maximum absolute atomic E-state index is 13.0. The highest BCUT2D eigenvalue weighted by atomic mass is 32.2. The molecule has 0 saturated carbocycles. The van der Waals surface area contributed by atoms with Crippen LogP contribution in [-0.4, -0.2) is 35.6 Å². The maximum Gasteiger partial charge on any atom is 0.439 e. The zero-order valence-electron chi connectivity index (χ0n) is 11.2. The lowest BCUT2D eigenvalue weighted by atomic mass is 10.1. The van der Waals surface area contributed by atoms with E-state index in [0.717, 1.165) is 5.56 Å². The molecule has 1 aromatic carbocycles. The summed E-state index contributed by atoms with van der Waals surface area (Å²) in [5, 5.41) is 13.2. The van der Waals surface area contributed by atoms with Crippen molar-refractivity contribution in [2.45, 2.75) is 37.1 Å². The Hall–Kier alpha value is -1.61. The van der Waals surface area contributed by atoms with Gasteiger partial charge < -0.3 is 5.11 Å². The van der Waals surface area contributed by atoms with Crippen molar-refractivity contribution in [3.8, 4) is 0 Å². The molecule has 0 spiro atoms. The number of sulfonamides is 1. The Morgan fingerprint density at radius 1 is 1.24 bits per heavy atom. The normalized spacial score (nSPS) is 23.3. The first-order valence-electron chi connectivity index (χ1n) is 5.94. The van der Waals surface area contributed by atoms with Crippen LogP contribution in [0.3, 0.4) is 0 Å². The van der Waals surface area contributed by atoms with Gasteiger partial charge in [0.2, 0.25) is 0 Å². The predicted octanol–water partition coefficient (Wildman–Crippen LogP) is 2.02. The summed E-state index contributed by atoms with van der Waals surface area (Å²) in [5.41, 5.74) is -2.92. The van der Waals surface area contributed by atoms with E-state index in [1.54, 1.807) is 6.92 Å². The van der Waals surface area contributed by atoms with Crippen molar-refractivity contribution in [3.05, 3.63) is 29.8 Å². The highest BCUT2D eigenvalue weighted by Crippen LogP contribution is 2.42. The molecule has 21 heavy (non-hydrogen) atoms. The quantitative estimate of drug-likeness (QED) is 0.905. The molecule has 0 aromatic heterocycles. The summed E-state index contributed by atoms with van der Waals surface area (Å²) >= 11 is 0. The SMILES string of the molecule is CC1=NN(S(=O)(=O)c2ccc(C)cc2)C(O)(C(F)(F)F)C1. The van der Waals surface area contributed by atoms with Crippen LogP contribution in [0.15, 0.2) is 34.3 Å². The van der Waals surface area contributed by atoms with E-state index in [-0.39, 0.29) is 15.0 Å². The standard InChI is InChI=1S/C12H13F3N2O3S/c1-8-3-5-10(6-4-8)21(19,20)17-11(18,12(13,14)15)7-9(2)16-17/h3-6,18H,7H2,1-2H3. The van der Waals surface area contributed by atoms with Gasteiger partial charge in [-0.15, -0.1) is 4.41 Å². The molecule has 0 bridgehead atoms. The molecule has 0 saturated heterocycles. The molecule has 1 unspecified atom stereocenters. The fourth-order valence-corrected chi connectivity index (χ4v) is 3.46. The Balaban J connectivity index is 2.54. The van der Waals surface area contributed by atoms with Crippen molar-refractivity contribution < 1.29 is 26.7 Å². The van der Waals surface area contributed by atoms with Gasteiger partial charge in [0.15, 0.2) is 0 Å². The van der Waals surface area contributed by atoms with Crippen LogP contribution in [0.1, 0.15) is 18.9 Å². The molecule has 1 aliphatic rings. The van der Waals surface area contributed by atoms with Gasteiger partial charge in [-0.2, -0.15) is 26.7 Å². The molecule has 0 radical (unpaired) electrons. The fourth-order valence-electron chi connectivity index (χ4n) is 1.97. The minimum absolute atomic E-state index is 0.120. The number of hydrazone groups is 1. The minimum Gasteiger partial charge on any atom is -0.361 e. The van der Waals surface area contributed by atoms with Gasteiger partial charge in [0.1, 0.15) is 0 Å². The minimum atomic E-state index is -5.16. The molecule has 1 aromatic rings. The van der Waals surface area contributed by atoms with Crippen LogP contribution in [0.25, 0.3) is 0 Å². The molecule has 0 amide bonds. The number of halogens is 3. The van der Waals surface area contributed by atoms with Gasteiger partial charge in [0.05, 0.1) is 4.90 Å². The number of nitrogens with zero attached hydrogens (tertiary/aromatic N) is 2. The molecule has 1 N–H and O–H groups in total. The highest BCUT2D eigenvalue weighted by Gasteiger charge is 2.64. The number of hydrogen-bond donors (Lipinski definition) is 1. The smallest absolute Gasteiger partial charge is 0.361 e. The number of alkyl halides is 3. The first-order chi connectivity index (χ1) is 9.48. The number of aryl methyl sites for hydroxylation is 1. The molecule has 116 valence electrons. The average molecular weight is 322 g/mol. The van der Waals surface area contributed by atoms with Crippen LogP contribution in [0.5, 0.6) is 0 Å². The van der Waals surface area contributed by atoms with Gasteiger partial charge in [-0.1, -0.05) is 17.7 Å². The molecule has 1 aliphatic heterocycles. The summed E-state index contributed by atoms with van der Waals surface area (Å²) < 4.78 is 63.5. The van der Waals surface area contributed by atoms with E-state index < -0.39 is 28.3 Å². The molecule has 0 fully saturated rings. The Morgan fingerprint density at radius 2 is 1.76 bits per heavy atom. The second kappa shape index (κ2) is 4.70. The van der Waals surface area contributed by atoms with Crippen molar-refractivity contribution in [3.63, 3.8) is 0 Å². The lowest BCUT2D eigenvalue weighted by Crippen LogP contribution is -2.56. The summed E-state index contributed by atoms with van der Waals surface area (Å²) in [6, 6.07) is 5.24. The highest BCUT2D eigenvalue weighted by molar-refractivity contribution is 7.89. The van der Waals surface area contributed by atoms with E-state index in [4.69, 9.17) is 0 Å². The lowest BCUT2D eigenvalue weighted by Gasteiger charge is -2.33. The first kappa shape index (κ1) is 15.8. The summed E-state index contributed by atoms with van der Waals surface area (Å²) in [5.74, 6) is 0. The van der Waals surface area contributed by atoms with Crippen molar-refractivity contribution >= 4 is 15.7 Å². The van der Waals surface area contributed by atoms with Crippen LogP contribution >= 0.6 is 0 Å². The van der Waals surface area contributed by atoms with Gasteiger partial charge in [-0.05, 0) is 26.0 Å². The maximum atomic E-state index is 13.0. The summed E-state index contributed by atoms with van der Waals surface area (Å²) in [4.78, 5) is -0.366. The van der Waals surface area contributed by atoms with Gasteiger partial charge in [-0.3, -0.25) is 0 Å². The van der Waals surface area contributed by atoms with Gasteiger partial charge in [0.25, 0.3) is 15.7 Å². The molecule has 0 aliphatic carbocycles. The van der Waals surface area contributed by atoms with Crippen molar-refractivity contribution in [2.75, 3.05) is 0 Å². The third-order valence-corrected chi connectivity index (χ3v) is 4.79. The Morgan fingerprint density at radius 3 is 2.24 bits per heavy atom. The van der Waals surface area contributed by atoms with Crippen molar-refractivity contribution in [2.24, 2.45) is 5.10 Å². The van der Waals surface area contributed by atoms with Crippen LogP contribution in [0.4, 0.5) is 13.2 Å². The monoisotopic (exact) mass is 322 g/mol. The summed E-state index contributed by atoms with van der Waals surface area (Å²) in [6.45, 7) is 2.93. The van der Waals surface area contributed by atoms with Gasteiger partial charge >= 0.3 is 6.18 Å². The number of hydrogen-bond acceptors (Lipinski definition) is 4. The van der Waals surface area contributed by atoms with Crippen LogP contribution in [-0.2, 0) is 10.0 Å². The largest absolute Gasteiger partial charge is 0.439 e. The molecule has 2 rings (SSSR count). The van der Waals surface area contributed by atoms with Crippen molar-refractivity contribution in [1.82, 2.24) is 4.41 Å². The first-order valence-corrected chi connectivity index (χ1v) is 7.38. The summed E-state index contributed by atoms with van der Waals surface area (Å²) in [6.07, 6.45) is -6.08. The van der Waals surface area contributed by atoms with Crippen LogP contribution in [0.2, 0.25) is 0 Å². The molecule has 1 heterocycles. The average Bonchev–Trinajstić information content (AvgIpc) is 2.66. The van der Waals surface area contributed by atoms with Gasteiger partial charge in [0, 0.05) is 12.1 Å². The van der Waals surface area contributed by atoms with E-state index >= 15 is 0 Å². The molecule has 1 atom stereocenters. The summed E-state index contributed by atoms with van der Waals surface area (Å²) in [7, 11) is -4.60. The molecule has 9 heteroatoms. The molecule has 5 nitrogen and oxygen atoms in total. The topological polar surface area (TPSA) is 70.0 Å². The zero-order chi connectivity index (χ0) is 16.1. The number of aliphatic hydroxyl groups is 1. The van der Waals surface area contributed by atoms with Crippen molar-refractivity contribution in [1.29, 1.82) is 0 Å². The van der Waals surface area contributed by atoms with Crippen LogP contribution in [0, 0.1) is 6.92 Å².